The number of nitrogens with zero attached hydrogens (tertiary/aromatic N) is 2. The highest BCUT2D eigenvalue weighted by molar-refractivity contribution is 6.02. The quantitative estimate of drug-likeness (QED) is 0.177. The Hall–Kier alpha value is -5.34. The van der Waals surface area contributed by atoms with Crippen molar-refractivity contribution in [1.29, 1.82) is 0 Å². The first-order chi connectivity index (χ1) is 24.1. The van der Waals surface area contributed by atoms with Gasteiger partial charge in [-0.15, -0.1) is 0 Å². The van der Waals surface area contributed by atoms with E-state index in [0.29, 0.717) is 0 Å². The van der Waals surface area contributed by atoms with Gasteiger partial charge in [-0.1, -0.05) is 133 Å². The molecule has 0 fully saturated rings. The van der Waals surface area contributed by atoms with Gasteiger partial charge >= 0.3 is 0 Å². The molecule has 2 aliphatic carbocycles. The van der Waals surface area contributed by atoms with Gasteiger partial charge in [-0.2, -0.15) is 0 Å². The van der Waals surface area contributed by atoms with Crippen molar-refractivity contribution < 1.29 is 0 Å². The van der Waals surface area contributed by atoms with Gasteiger partial charge in [0.25, 0.3) is 0 Å². The van der Waals surface area contributed by atoms with Gasteiger partial charge in [0, 0.05) is 39.8 Å². The largest absolute Gasteiger partial charge is 0.314 e. The second-order valence-corrected chi connectivity index (χ2v) is 15.9. The van der Waals surface area contributed by atoms with Crippen LogP contribution in [-0.2, 0) is 10.8 Å². The van der Waals surface area contributed by atoms with Crippen molar-refractivity contribution in [3.8, 4) is 0 Å². The second kappa shape index (κ2) is 12.2. The van der Waals surface area contributed by atoms with Gasteiger partial charge in [0.15, 0.2) is 0 Å². The summed E-state index contributed by atoms with van der Waals surface area (Å²) in [4.78, 5) is 4.91. The Bertz CT molecular complexity index is 2340. The van der Waals surface area contributed by atoms with Crippen molar-refractivity contribution in [3.63, 3.8) is 0 Å². The summed E-state index contributed by atoms with van der Waals surface area (Å²) in [6, 6.07) is 49.3. The van der Waals surface area contributed by atoms with Crippen LogP contribution in [0.3, 0.4) is 0 Å². The van der Waals surface area contributed by atoms with Crippen LogP contribution in [0, 0.1) is 0 Å². The molecule has 0 spiro atoms. The summed E-state index contributed by atoms with van der Waals surface area (Å²) in [6.07, 6.45) is 8.11. The maximum atomic E-state index is 2.48. The SMILES string of the molecule is CC(C)(C)c1ccc(N(C2=CC=c3ccc4c(N(c5ccccc5)c5ccc(C(C)(C)C)cc5)ccc5c4c3C2CC=5)c2ccccc2)cc1. The summed E-state index contributed by atoms with van der Waals surface area (Å²) in [5, 5.41) is 5.28. The Morgan fingerprint density at radius 1 is 0.480 bits per heavy atom. The summed E-state index contributed by atoms with van der Waals surface area (Å²) in [5.41, 5.74) is 11.5. The Morgan fingerprint density at radius 3 is 1.54 bits per heavy atom. The van der Waals surface area contributed by atoms with E-state index in [-0.39, 0.29) is 16.7 Å². The summed E-state index contributed by atoms with van der Waals surface area (Å²) in [7, 11) is 0. The van der Waals surface area contributed by atoms with E-state index in [9.17, 15) is 0 Å². The minimum atomic E-state index is 0.0926. The molecule has 248 valence electrons. The minimum Gasteiger partial charge on any atom is -0.314 e. The zero-order chi connectivity index (χ0) is 34.6. The normalized spacial score (nSPS) is 15.2. The van der Waals surface area contributed by atoms with Crippen LogP contribution in [0.1, 0.15) is 70.6 Å². The van der Waals surface area contributed by atoms with Gasteiger partial charge in [0.05, 0.1) is 5.69 Å². The van der Waals surface area contributed by atoms with Gasteiger partial charge in [-0.3, -0.25) is 0 Å². The van der Waals surface area contributed by atoms with Gasteiger partial charge in [-0.25, -0.2) is 0 Å². The van der Waals surface area contributed by atoms with Crippen molar-refractivity contribution in [1.82, 2.24) is 0 Å². The molecular formula is C48H46N2. The lowest BCUT2D eigenvalue weighted by molar-refractivity contribution is 0.590. The Labute approximate surface area is 297 Å². The average molecular weight is 651 g/mol. The van der Waals surface area contributed by atoms with E-state index in [1.165, 1.54) is 60.7 Å². The molecule has 2 heteroatoms. The fraction of sp³-hybridized carbons (Fsp3) is 0.208. The molecule has 0 aliphatic heterocycles. The Kier molecular flexibility index (Phi) is 7.79. The molecule has 2 aliphatic rings. The van der Waals surface area contributed by atoms with Gasteiger partial charge in [0.1, 0.15) is 0 Å². The Balaban J connectivity index is 1.29. The summed E-state index contributed by atoms with van der Waals surface area (Å²) in [6.45, 7) is 13.7. The van der Waals surface area contributed by atoms with Crippen LogP contribution in [0.2, 0.25) is 0 Å². The topological polar surface area (TPSA) is 6.48 Å². The molecule has 0 saturated carbocycles. The number of hydrogen-bond acceptors (Lipinski definition) is 2. The first-order valence-corrected chi connectivity index (χ1v) is 18.0. The van der Waals surface area contributed by atoms with Crippen LogP contribution in [0.4, 0.5) is 28.4 Å². The number of allylic oxidation sites excluding steroid dienone is 2. The van der Waals surface area contributed by atoms with Gasteiger partial charge in [0.2, 0.25) is 0 Å². The molecule has 0 bridgehead atoms. The standard InChI is InChI=1S/C48H46N2/c1-47(2,3)35-21-25-39(26-22-35)49(37-13-9-7-10-14-37)43-31-19-33-18-30-42-44(32-20-34-17-29-41(43)45(33)46(34)42)50(38-15-11-8-12-16-38)40-27-23-36(24-28-40)48(4,5)6/h7-29,31-32,42H,30H2,1-6H3. The van der Waals surface area contributed by atoms with Crippen LogP contribution in [0.5, 0.6) is 0 Å². The molecular weight excluding hydrogens is 605 g/mol. The molecule has 1 unspecified atom stereocenters. The summed E-state index contributed by atoms with van der Waals surface area (Å²) >= 11 is 0. The van der Waals surface area contributed by atoms with Crippen molar-refractivity contribution >= 4 is 51.4 Å². The molecule has 0 heterocycles. The van der Waals surface area contributed by atoms with E-state index in [1.54, 1.807) is 0 Å². The third-order valence-corrected chi connectivity index (χ3v) is 10.5. The van der Waals surface area contributed by atoms with E-state index in [1.807, 2.05) is 0 Å². The number of anilines is 5. The number of benzene rings is 6. The van der Waals surface area contributed by atoms with Crippen LogP contribution in [0.15, 0.2) is 145 Å². The Morgan fingerprint density at radius 2 is 0.980 bits per heavy atom. The maximum absolute atomic E-state index is 2.48. The van der Waals surface area contributed by atoms with Crippen LogP contribution in [0.25, 0.3) is 22.9 Å². The lowest BCUT2D eigenvalue weighted by Gasteiger charge is -2.37. The van der Waals surface area contributed by atoms with Crippen molar-refractivity contribution in [3.05, 3.63) is 172 Å². The van der Waals surface area contributed by atoms with Gasteiger partial charge in [-0.05, 0) is 110 Å². The minimum absolute atomic E-state index is 0.0926. The average Bonchev–Trinajstić information content (AvgIpc) is 3.12. The molecule has 8 rings (SSSR count). The zero-order valence-electron chi connectivity index (χ0n) is 30.1. The van der Waals surface area contributed by atoms with E-state index in [4.69, 9.17) is 0 Å². The lowest BCUT2D eigenvalue weighted by atomic mass is 9.79. The van der Waals surface area contributed by atoms with E-state index in [0.717, 1.165) is 17.8 Å². The zero-order valence-corrected chi connectivity index (χ0v) is 30.1. The lowest BCUT2D eigenvalue weighted by Crippen LogP contribution is -2.31. The van der Waals surface area contributed by atoms with Crippen molar-refractivity contribution in [2.45, 2.75) is 64.7 Å². The third kappa shape index (κ3) is 5.63. The molecule has 2 nitrogen and oxygen atoms in total. The molecule has 0 aromatic heterocycles. The molecule has 6 aromatic carbocycles. The predicted octanol–water partition coefficient (Wildman–Crippen LogP) is 11.7. The van der Waals surface area contributed by atoms with Crippen LogP contribution < -0.4 is 20.2 Å². The molecule has 0 saturated heterocycles. The fourth-order valence-corrected chi connectivity index (χ4v) is 7.79. The highest BCUT2D eigenvalue weighted by atomic mass is 15.2. The second-order valence-electron chi connectivity index (χ2n) is 15.9. The molecule has 1 atom stereocenters. The van der Waals surface area contributed by atoms with Crippen LogP contribution >= 0.6 is 0 Å². The molecule has 0 N–H and O–H groups in total. The monoisotopic (exact) mass is 650 g/mol. The number of hydrogen-bond donors (Lipinski definition) is 0. The van der Waals surface area contributed by atoms with Crippen molar-refractivity contribution in [2.24, 2.45) is 0 Å². The molecule has 6 aromatic rings. The molecule has 0 radical (unpaired) electrons. The molecule has 50 heavy (non-hydrogen) atoms. The van der Waals surface area contributed by atoms with Crippen molar-refractivity contribution in [2.75, 3.05) is 9.80 Å². The number of rotatable bonds is 6. The maximum Gasteiger partial charge on any atom is 0.0540 e. The highest BCUT2D eigenvalue weighted by Gasteiger charge is 2.31. The first kappa shape index (κ1) is 31.9. The predicted molar refractivity (Wildman–Crippen MR) is 215 cm³/mol. The number of para-hydroxylation sites is 2. The first-order valence-electron chi connectivity index (χ1n) is 18.0. The fourth-order valence-electron chi connectivity index (χ4n) is 7.79. The van der Waals surface area contributed by atoms with E-state index >= 15 is 0 Å². The third-order valence-electron chi connectivity index (χ3n) is 10.5. The smallest absolute Gasteiger partial charge is 0.0540 e. The summed E-state index contributed by atoms with van der Waals surface area (Å²) in [5.74, 6) is 0.222. The summed E-state index contributed by atoms with van der Waals surface area (Å²) < 4.78 is 0. The van der Waals surface area contributed by atoms with Crippen LogP contribution in [-0.4, -0.2) is 0 Å². The van der Waals surface area contributed by atoms with Gasteiger partial charge < -0.3 is 9.80 Å². The van der Waals surface area contributed by atoms with E-state index in [2.05, 4.69) is 203 Å². The highest BCUT2D eigenvalue weighted by Crippen LogP contribution is 2.45. The van der Waals surface area contributed by atoms with E-state index < -0.39 is 0 Å². The molecule has 0 amide bonds.